The number of nitrogens with one attached hydrogen (secondary N) is 4. The van der Waals surface area contributed by atoms with Crippen LogP contribution in [0.15, 0.2) is 60.8 Å². The van der Waals surface area contributed by atoms with Crippen molar-refractivity contribution < 1.29 is 29.1 Å². The SMILES string of the molecule is CSCCC(C)(NC(=O)[C@@H](N)Cc1c[nH]c2ccccc12)C(=O)N[C@@H](CC(=O)O)C(=O)N[C@@H](Cc1ccccc1)C(N)=O. The van der Waals surface area contributed by atoms with Gasteiger partial charge in [0, 0.05) is 23.5 Å². The molecule has 4 atom stereocenters. The van der Waals surface area contributed by atoms with Crippen molar-refractivity contribution in [2.24, 2.45) is 11.5 Å². The minimum Gasteiger partial charge on any atom is -0.481 e. The van der Waals surface area contributed by atoms with Gasteiger partial charge in [-0.05, 0) is 49.0 Å². The largest absolute Gasteiger partial charge is 0.481 e. The first-order valence-electron chi connectivity index (χ1n) is 13.7. The Kier molecular flexibility index (Phi) is 11.7. The summed E-state index contributed by atoms with van der Waals surface area (Å²) in [4.78, 5) is 66.8. The van der Waals surface area contributed by atoms with Gasteiger partial charge in [0.2, 0.25) is 23.6 Å². The summed E-state index contributed by atoms with van der Waals surface area (Å²) in [6, 6.07) is 12.7. The molecule has 0 saturated carbocycles. The van der Waals surface area contributed by atoms with E-state index in [-0.39, 0.29) is 19.3 Å². The van der Waals surface area contributed by atoms with E-state index in [0.29, 0.717) is 5.75 Å². The number of aromatic amines is 1. The number of para-hydroxylation sites is 1. The summed E-state index contributed by atoms with van der Waals surface area (Å²) >= 11 is 1.44. The van der Waals surface area contributed by atoms with Crippen molar-refractivity contribution in [1.29, 1.82) is 0 Å². The van der Waals surface area contributed by atoms with Gasteiger partial charge in [-0.15, -0.1) is 0 Å². The summed E-state index contributed by atoms with van der Waals surface area (Å²) in [7, 11) is 0. The molecule has 0 fully saturated rings. The summed E-state index contributed by atoms with van der Waals surface area (Å²) < 4.78 is 0. The smallest absolute Gasteiger partial charge is 0.305 e. The molecule has 0 aliphatic heterocycles. The van der Waals surface area contributed by atoms with Gasteiger partial charge in [0.25, 0.3) is 0 Å². The van der Waals surface area contributed by atoms with Crippen LogP contribution in [0.4, 0.5) is 0 Å². The van der Waals surface area contributed by atoms with Crippen LogP contribution >= 0.6 is 11.8 Å². The molecule has 4 amide bonds. The molecule has 9 N–H and O–H groups in total. The highest BCUT2D eigenvalue weighted by Gasteiger charge is 2.39. The van der Waals surface area contributed by atoms with Gasteiger partial charge < -0.3 is 37.5 Å². The van der Waals surface area contributed by atoms with E-state index in [4.69, 9.17) is 11.5 Å². The Morgan fingerprint density at radius 3 is 2.28 bits per heavy atom. The Bertz CT molecular complexity index is 1450. The third-order valence-corrected chi connectivity index (χ3v) is 7.71. The molecule has 1 unspecified atom stereocenters. The van der Waals surface area contributed by atoms with Crippen LogP contribution in [0.25, 0.3) is 10.9 Å². The second-order valence-electron chi connectivity index (χ2n) is 10.5. The second kappa shape index (κ2) is 15.2. The molecular weight excluding hydrogens is 572 g/mol. The molecule has 0 aliphatic carbocycles. The number of benzene rings is 2. The Hall–Kier alpha value is -4.36. The Balaban J connectivity index is 1.74. The third-order valence-electron chi connectivity index (χ3n) is 7.10. The Labute approximate surface area is 253 Å². The Morgan fingerprint density at radius 1 is 0.953 bits per heavy atom. The van der Waals surface area contributed by atoms with Crippen LogP contribution in [0.3, 0.4) is 0 Å². The van der Waals surface area contributed by atoms with E-state index in [9.17, 15) is 29.1 Å². The van der Waals surface area contributed by atoms with Crippen LogP contribution < -0.4 is 27.4 Å². The third kappa shape index (κ3) is 9.32. The van der Waals surface area contributed by atoms with E-state index in [1.165, 1.54) is 18.7 Å². The van der Waals surface area contributed by atoms with Crippen LogP contribution in [-0.4, -0.2) is 75.4 Å². The zero-order chi connectivity index (χ0) is 31.6. The summed E-state index contributed by atoms with van der Waals surface area (Å²) in [6.45, 7) is 1.49. The lowest BCUT2D eigenvalue weighted by Crippen LogP contribution is -2.63. The molecule has 3 rings (SSSR count). The molecular formula is C30H38N6O6S. The molecule has 2 aromatic carbocycles. The second-order valence-corrected chi connectivity index (χ2v) is 11.5. The minimum absolute atomic E-state index is 0.0749. The molecule has 43 heavy (non-hydrogen) atoms. The van der Waals surface area contributed by atoms with Gasteiger partial charge in [0.15, 0.2) is 0 Å². The topological polar surface area (TPSA) is 209 Å². The lowest BCUT2D eigenvalue weighted by molar-refractivity contribution is -0.142. The minimum atomic E-state index is -1.55. The molecule has 1 aromatic heterocycles. The van der Waals surface area contributed by atoms with Crippen molar-refractivity contribution in [3.8, 4) is 0 Å². The molecule has 0 aliphatic rings. The number of carbonyl (C=O) groups is 5. The van der Waals surface area contributed by atoms with E-state index < -0.39 is 59.7 Å². The van der Waals surface area contributed by atoms with Crippen LogP contribution in [0.1, 0.15) is 30.9 Å². The first-order chi connectivity index (χ1) is 20.4. The number of primary amides is 1. The fourth-order valence-corrected chi connectivity index (χ4v) is 5.19. The predicted octanol–water partition coefficient (Wildman–Crippen LogP) is 0.838. The molecule has 13 heteroatoms. The van der Waals surface area contributed by atoms with Crippen LogP contribution in [-0.2, 0) is 36.8 Å². The van der Waals surface area contributed by atoms with Gasteiger partial charge in [0.05, 0.1) is 12.5 Å². The standard InChI is InChI=1S/C30H38N6O6S/c1-30(12-13-43-2,36-27(40)21(31)15-19-17-33-22-11-7-6-10-20(19)22)29(42)35-24(16-25(37)38)28(41)34-23(26(32)39)14-18-8-4-3-5-9-18/h3-11,17,21,23-24,33H,12-16,31H2,1-2H3,(H2,32,39)(H,34,41)(H,35,42)(H,36,40)(H,37,38)/t21-,23-,24-,30?/m0/s1. The van der Waals surface area contributed by atoms with Crippen molar-refractivity contribution in [3.05, 3.63) is 71.9 Å². The number of H-pyrrole nitrogens is 1. The van der Waals surface area contributed by atoms with Gasteiger partial charge in [-0.25, -0.2) is 0 Å². The van der Waals surface area contributed by atoms with Crippen LogP contribution in [0.2, 0.25) is 0 Å². The summed E-state index contributed by atoms with van der Waals surface area (Å²) in [6.07, 6.45) is 3.30. The highest BCUT2D eigenvalue weighted by Crippen LogP contribution is 2.20. The first-order valence-corrected chi connectivity index (χ1v) is 15.1. The number of nitrogens with two attached hydrogens (primary N) is 2. The first kappa shape index (κ1) is 33.1. The maximum atomic E-state index is 13.6. The van der Waals surface area contributed by atoms with Crippen LogP contribution in [0.5, 0.6) is 0 Å². The highest BCUT2D eigenvalue weighted by atomic mass is 32.2. The van der Waals surface area contributed by atoms with Crippen molar-refractivity contribution >= 4 is 52.3 Å². The molecule has 0 radical (unpaired) electrons. The maximum absolute atomic E-state index is 13.6. The summed E-state index contributed by atoms with van der Waals surface area (Å²) in [5, 5.41) is 18.1. The zero-order valence-electron chi connectivity index (χ0n) is 24.1. The zero-order valence-corrected chi connectivity index (χ0v) is 24.9. The average Bonchev–Trinajstić information content (AvgIpc) is 3.38. The molecule has 0 spiro atoms. The van der Waals surface area contributed by atoms with E-state index in [1.54, 1.807) is 36.5 Å². The lowest BCUT2D eigenvalue weighted by atomic mass is 9.95. The van der Waals surface area contributed by atoms with Crippen molar-refractivity contribution in [2.75, 3.05) is 12.0 Å². The maximum Gasteiger partial charge on any atom is 0.305 e. The van der Waals surface area contributed by atoms with E-state index >= 15 is 0 Å². The normalized spacial score (nSPS) is 14.6. The quantitative estimate of drug-likeness (QED) is 0.123. The molecule has 3 aromatic rings. The fourth-order valence-electron chi connectivity index (χ4n) is 4.58. The molecule has 12 nitrogen and oxygen atoms in total. The number of thioether (sulfide) groups is 1. The predicted molar refractivity (Wildman–Crippen MR) is 165 cm³/mol. The molecule has 1 heterocycles. The van der Waals surface area contributed by atoms with Gasteiger partial charge in [-0.1, -0.05) is 48.5 Å². The van der Waals surface area contributed by atoms with E-state index in [1.807, 2.05) is 30.5 Å². The fraction of sp³-hybridized carbons (Fsp3) is 0.367. The van der Waals surface area contributed by atoms with Crippen molar-refractivity contribution in [3.63, 3.8) is 0 Å². The number of hydrogen-bond donors (Lipinski definition) is 7. The Morgan fingerprint density at radius 2 is 1.63 bits per heavy atom. The number of carboxylic acids is 1. The van der Waals surface area contributed by atoms with Gasteiger partial charge in [-0.2, -0.15) is 11.8 Å². The number of fused-ring (bicyclic) bond motifs is 1. The number of aliphatic carboxylic acids is 1. The number of hydrogen-bond acceptors (Lipinski definition) is 7. The van der Waals surface area contributed by atoms with Crippen molar-refractivity contribution in [1.82, 2.24) is 20.9 Å². The summed E-state index contributed by atoms with van der Waals surface area (Å²) in [5.74, 6) is -3.95. The van der Waals surface area contributed by atoms with Gasteiger partial charge >= 0.3 is 5.97 Å². The monoisotopic (exact) mass is 610 g/mol. The van der Waals surface area contributed by atoms with Gasteiger partial charge in [-0.3, -0.25) is 24.0 Å². The summed E-state index contributed by atoms with van der Waals surface area (Å²) in [5.41, 5.74) is 12.7. The number of carboxylic acid groups (broad SMARTS) is 1. The number of carbonyl (C=O) groups excluding carboxylic acids is 4. The molecule has 230 valence electrons. The van der Waals surface area contributed by atoms with E-state index in [2.05, 4.69) is 20.9 Å². The van der Waals surface area contributed by atoms with Crippen LogP contribution in [0, 0.1) is 0 Å². The number of amides is 4. The van der Waals surface area contributed by atoms with Gasteiger partial charge in [0.1, 0.15) is 17.6 Å². The molecule has 0 saturated heterocycles. The average molecular weight is 611 g/mol. The molecule has 0 bridgehead atoms. The number of aromatic nitrogens is 1. The van der Waals surface area contributed by atoms with Crippen molar-refractivity contribution in [2.45, 2.75) is 56.3 Å². The number of rotatable bonds is 16. The lowest BCUT2D eigenvalue weighted by Gasteiger charge is -2.32. The van der Waals surface area contributed by atoms with E-state index in [0.717, 1.165) is 22.0 Å². The highest BCUT2D eigenvalue weighted by molar-refractivity contribution is 7.98.